The lowest BCUT2D eigenvalue weighted by Gasteiger charge is -2.17. The number of ether oxygens (including phenoxy) is 1. The van der Waals surface area contributed by atoms with Crippen molar-refractivity contribution in [3.63, 3.8) is 0 Å². The summed E-state index contributed by atoms with van der Waals surface area (Å²) in [6, 6.07) is 11.4. The zero-order valence-electron chi connectivity index (χ0n) is 19.8. The molecule has 0 saturated carbocycles. The Morgan fingerprint density at radius 2 is 1.61 bits per heavy atom. The quantitative estimate of drug-likeness (QED) is 0.546. The van der Waals surface area contributed by atoms with Gasteiger partial charge in [0.1, 0.15) is 16.9 Å². The molecule has 2 aromatic carbocycles. The van der Waals surface area contributed by atoms with Gasteiger partial charge in [0.25, 0.3) is 11.8 Å². The van der Waals surface area contributed by atoms with Gasteiger partial charge in [-0.15, -0.1) is 0 Å². The minimum atomic E-state index is -0.573. The predicted molar refractivity (Wildman–Crippen MR) is 130 cm³/mol. The molecule has 33 heavy (non-hydrogen) atoms. The van der Waals surface area contributed by atoms with E-state index in [2.05, 4.69) is 10.6 Å². The summed E-state index contributed by atoms with van der Waals surface area (Å²) in [5.41, 5.74) is 0.258. The monoisotopic (exact) mass is 449 g/mol. The summed E-state index contributed by atoms with van der Waals surface area (Å²) in [4.78, 5) is 38.5. The highest BCUT2D eigenvalue weighted by atomic mass is 16.5. The molecule has 3 aromatic rings. The molecule has 0 bridgehead atoms. The van der Waals surface area contributed by atoms with Crippen molar-refractivity contribution in [2.75, 3.05) is 13.7 Å². The Morgan fingerprint density at radius 3 is 2.24 bits per heavy atom. The third-order valence-corrected chi connectivity index (χ3v) is 5.40. The summed E-state index contributed by atoms with van der Waals surface area (Å²) in [5.74, 6) is 0.0700. The number of nitrogens with zero attached hydrogens (tertiary/aromatic N) is 1. The van der Waals surface area contributed by atoms with Crippen LogP contribution in [0.4, 0.5) is 0 Å². The molecule has 0 aliphatic rings. The van der Waals surface area contributed by atoms with Crippen molar-refractivity contribution >= 4 is 22.6 Å². The van der Waals surface area contributed by atoms with Gasteiger partial charge in [0.15, 0.2) is 0 Å². The van der Waals surface area contributed by atoms with E-state index in [1.165, 1.54) is 12.4 Å². The second-order valence-electron chi connectivity index (χ2n) is 8.53. The molecule has 0 aliphatic carbocycles. The third-order valence-electron chi connectivity index (χ3n) is 5.40. The van der Waals surface area contributed by atoms with E-state index >= 15 is 0 Å². The first-order valence-corrected chi connectivity index (χ1v) is 11.1. The van der Waals surface area contributed by atoms with Gasteiger partial charge in [-0.25, -0.2) is 0 Å². The zero-order chi connectivity index (χ0) is 24.1. The number of methoxy groups -OCH3 is 1. The molecule has 1 heterocycles. The molecular weight excluding hydrogens is 418 g/mol. The fourth-order valence-electron chi connectivity index (χ4n) is 3.73. The average Bonchev–Trinajstić information content (AvgIpc) is 2.78. The molecular formula is C26H31N3O4. The summed E-state index contributed by atoms with van der Waals surface area (Å²) in [6.07, 6.45) is 3.05. The van der Waals surface area contributed by atoms with Crippen molar-refractivity contribution in [3.05, 3.63) is 75.7 Å². The number of benzene rings is 2. The van der Waals surface area contributed by atoms with Crippen LogP contribution in [0.2, 0.25) is 0 Å². The van der Waals surface area contributed by atoms with Gasteiger partial charge in [-0.3, -0.25) is 14.4 Å². The van der Waals surface area contributed by atoms with Crippen molar-refractivity contribution in [3.8, 4) is 5.75 Å². The van der Waals surface area contributed by atoms with E-state index in [4.69, 9.17) is 4.74 Å². The van der Waals surface area contributed by atoms with Crippen LogP contribution in [0, 0.1) is 5.92 Å². The molecule has 3 rings (SSSR count). The van der Waals surface area contributed by atoms with Gasteiger partial charge in [0.05, 0.1) is 13.2 Å². The fourth-order valence-corrected chi connectivity index (χ4v) is 3.73. The predicted octanol–water partition coefficient (Wildman–Crippen LogP) is 3.91. The Hall–Kier alpha value is -3.61. The Bertz CT molecular complexity index is 1230. The Labute approximate surface area is 193 Å². The number of pyridine rings is 1. The normalized spacial score (nSPS) is 11.9. The lowest BCUT2D eigenvalue weighted by atomic mass is 10.0. The molecule has 2 N–H and O–H groups in total. The summed E-state index contributed by atoms with van der Waals surface area (Å²) in [5, 5.41) is 7.61. The molecule has 1 unspecified atom stereocenters. The molecule has 7 heteroatoms. The number of rotatable bonds is 8. The second kappa shape index (κ2) is 10.3. The summed E-state index contributed by atoms with van der Waals surface area (Å²) in [6.45, 7) is 8.67. The second-order valence-corrected chi connectivity index (χ2v) is 8.53. The number of hydrogen-bond acceptors (Lipinski definition) is 4. The van der Waals surface area contributed by atoms with E-state index in [1.807, 2.05) is 57.2 Å². The van der Waals surface area contributed by atoms with Crippen LogP contribution >= 0.6 is 0 Å². The fraction of sp³-hybridized carbons (Fsp3) is 0.346. The maximum atomic E-state index is 13.1. The van der Waals surface area contributed by atoms with Crippen LogP contribution in [-0.4, -0.2) is 30.0 Å². The van der Waals surface area contributed by atoms with E-state index in [0.29, 0.717) is 13.1 Å². The van der Waals surface area contributed by atoms with E-state index in [-0.39, 0.29) is 23.1 Å². The number of carbonyl (C=O) groups excluding carboxylic acids is 2. The van der Waals surface area contributed by atoms with Crippen LogP contribution in [0.15, 0.2) is 53.6 Å². The van der Waals surface area contributed by atoms with Crippen molar-refractivity contribution in [1.29, 1.82) is 0 Å². The molecule has 0 saturated heterocycles. The molecule has 0 spiro atoms. The number of fused-ring (bicyclic) bond motifs is 1. The highest BCUT2D eigenvalue weighted by molar-refractivity contribution is 5.99. The highest BCUT2D eigenvalue weighted by Gasteiger charge is 2.21. The lowest BCUT2D eigenvalue weighted by Crippen LogP contribution is -2.36. The smallest absolute Gasteiger partial charge is 0.257 e. The van der Waals surface area contributed by atoms with Crippen LogP contribution in [0.3, 0.4) is 0 Å². The maximum absolute atomic E-state index is 13.1. The minimum Gasteiger partial charge on any atom is -0.497 e. The van der Waals surface area contributed by atoms with Gasteiger partial charge in [-0.05, 0) is 54.3 Å². The molecule has 1 atom stereocenters. The molecule has 0 radical (unpaired) electrons. The number of hydrogen-bond donors (Lipinski definition) is 2. The topological polar surface area (TPSA) is 89.4 Å². The van der Waals surface area contributed by atoms with Gasteiger partial charge in [0.2, 0.25) is 5.43 Å². The average molecular weight is 450 g/mol. The maximum Gasteiger partial charge on any atom is 0.257 e. The first-order valence-electron chi connectivity index (χ1n) is 11.1. The molecule has 174 valence electrons. The standard InChI is InChI=1S/C26H31N3O4/c1-6-27-25(31)22-14-29(13-16(2)3)15-23(24(22)30)26(32)28-17(4)18-7-8-20-12-21(33-5)10-9-19(20)11-18/h7-12,14-17H,6,13H2,1-5H3,(H,27,31)(H,28,32). The van der Waals surface area contributed by atoms with Gasteiger partial charge < -0.3 is 19.9 Å². The van der Waals surface area contributed by atoms with Gasteiger partial charge in [0, 0.05) is 25.5 Å². The molecule has 0 aliphatic heterocycles. The number of amides is 2. The lowest BCUT2D eigenvalue weighted by molar-refractivity contribution is 0.0937. The van der Waals surface area contributed by atoms with Gasteiger partial charge in [-0.2, -0.15) is 0 Å². The minimum absolute atomic E-state index is 0.0301. The Balaban J connectivity index is 1.90. The highest BCUT2D eigenvalue weighted by Crippen LogP contribution is 2.24. The van der Waals surface area contributed by atoms with E-state index in [0.717, 1.165) is 22.1 Å². The molecule has 0 fully saturated rings. The SMILES string of the molecule is CCNC(=O)c1cn(CC(C)C)cc(C(=O)NC(C)c2ccc3cc(OC)ccc3c2)c1=O. The van der Waals surface area contributed by atoms with Crippen molar-refractivity contribution in [1.82, 2.24) is 15.2 Å². The van der Waals surface area contributed by atoms with E-state index < -0.39 is 17.2 Å². The Kier molecular flexibility index (Phi) is 7.53. The van der Waals surface area contributed by atoms with E-state index in [9.17, 15) is 14.4 Å². The van der Waals surface area contributed by atoms with Gasteiger partial charge in [-0.1, -0.05) is 32.0 Å². The van der Waals surface area contributed by atoms with Crippen LogP contribution in [-0.2, 0) is 6.54 Å². The molecule has 7 nitrogen and oxygen atoms in total. The van der Waals surface area contributed by atoms with Crippen LogP contribution < -0.4 is 20.8 Å². The first-order chi connectivity index (χ1) is 15.7. The van der Waals surface area contributed by atoms with Crippen molar-refractivity contribution < 1.29 is 14.3 Å². The largest absolute Gasteiger partial charge is 0.497 e. The first kappa shape index (κ1) is 24.0. The van der Waals surface area contributed by atoms with Crippen LogP contribution in [0.1, 0.15) is 60.0 Å². The summed E-state index contributed by atoms with van der Waals surface area (Å²) < 4.78 is 7.01. The number of carbonyl (C=O) groups is 2. The van der Waals surface area contributed by atoms with Crippen molar-refractivity contribution in [2.45, 2.75) is 40.3 Å². The molecule has 2 amide bonds. The Morgan fingerprint density at radius 1 is 0.970 bits per heavy atom. The zero-order valence-corrected chi connectivity index (χ0v) is 19.8. The van der Waals surface area contributed by atoms with Crippen LogP contribution in [0.5, 0.6) is 5.75 Å². The third kappa shape index (κ3) is 5.61. The molecule has 1 aromatic heterocycles. The number of aromatic nitrogens is 1. The van der Waals surface area contributed by atoms with Crippen LogP contribution in [0.25, 0.3) is 10.8 Å². The summed E-state index contributed by atoms with van der Waals surface area (Å²) in [7, 11) is 1.63. The van der Waals surface area contributed by atoms with Gasteiger partial charge >= 0.3 is 0 Å². The summed E-state index contributed by atoms with van der Waals surface area (Å²) >= 11 is 0. The van der Waals surface area contributed by atoms with E-state index in [1.54, 1.807) is 18.6 Å². The number of nitrogens with one attached hydrogen (secondary N) is 2. The van der Waals surface area contributed by atoms with Crippen molar-refractivity contribution in [2.24, 2.45) is 5.92 Å².